The van der Waals surface area contributed by atoms with Crippen molar-refractivity contribution in [2.75, 3.05) is 25.0 Å². The number of rotatable bonds is 7. The summed E-state index contributed by atoms with van der Waals surface area (Å²) in [6, 6.07) is 13.7. The van der Waals surface area contributed by atoms with Crippen LogP contribution in [0, 0.1) is 0 Å². The van der Waals surface area contributed by atoms with Gasteiger partial charge in [0.25, 0.3) is 0 Å². The van der Waals surface area contributed by atoms with Gasteiger partial charge in [0.2, 0.25) is 0 Å². The van der Waals surface area contributed by atoms with E-state index in [4.69, 9.17) is 0 Å². The van der Waals surface area contributed by atoms with Crippen LogP contribution in [0.3, 0.4) is 0 Å². The Hall–Kier alpha value is -2.05. The lowest BCUT2D eigenvalue weighted by Crippen LogP contribution is -2.47. The maximum absolute atomic E-state index is 12.0. The predicted molar refractivity (Wildman–Crippen MR) is 99.6 cm³/mol. The molecule has 0 fully saturated rings. The third-order valence-corrected chi connectivity index (χ3v) is 5.15. The lowest BCUT2D eigenvalue weighted by atomic mass is 10.1. The van der Waals surface area contributed by atoms with E-state index in [2.05, 4.69) is 22.5 Å². The van der Waals surface area contributed by atoms with Crippen molar-refractivity contribution in [3.63, 3.8) is 0 Å². The summed E-state index contributed by atoms with van der Waals surface area (Å²) in [7, 11) is 2.00. The molecule has 130 valence electrons. The van der Waals surface area contributed by atoms with Crippen molar-refractivity contribution in [3.8, 4) is 0 Å². The lowest BCUT2D eigenvalue weighted by molar-refractivity contribution is 0.0631. The van der Waals surface area contributed by atoms with Gasteiger partial charge in [-0.25, -0.2) is 4.79 Å². The normalized spacial score (nSPS) is 14.5. The summed E-state index contributed by atoms with van der Waals surface area (Å²) >= 11 is 1.47. The Labute approximate surface area is 147 Å². The van der Waals surface area contributed by atoms with E-state index in [0.717, 1.165) is 10.6 Å². The van der Waals surface area contributed by atoms with Crippen LogP contribution in [0.25, 0.3) is 0 Å². The first-order chi connectivity index (χ1) is 11.4. The van der Waals surface area contributed by atoms with Crippen molar-refractivity contribution < 1.29 is 9.90 Å². The second kappa shape index (κ2) is 8.17. The highest BCUT2D eigenvalue weighted by molar-refractivity contribution is 7.10. The number of thiophene rings is 1. The number of likely N-dealkylation sites (N-methyl/N-ethyl adjacent to an activating group) is 1. The average Bonchev–Trinajstić information content (AvgIpc) is 3.13. The summed E-state index contributed by atoms with van der Waals surface area (Å²) in [5.41, 5.74) is 0.0469. The van der Waals surface area contributed by atoms with Gasteiger partial charge >= 0.3 is 6.03 Å². The molecule has 1 aromatic heterocycles. The zero-order valence-corrected chi connectivity index (χ0v) is 15.1. The number of nitrogens with zero attached hydrogens (tertiary/aromatic N) is 1. The van der Waals surface area contributed by atoms with E-state index < -0.39 is 5.60 Å². The first-order valence-electron chi connectivity index (χ1n) is 7.96. The Morgan fingerprint density at radius 2 is 1.96 bits per heavy atom. The van der Waals surface area contributed by atoms with Crippen molar-refractivity contribution in [3.05, 3.63) is 52.7 Å². The average molecular weight is 347 g/mol. The molecule has 6 heteroatoms. The Morgan fingerprint density at radius 1 is 1.25 bits per heavy atom. The Bertz CT molecular complexity index is 629. The number of nitrogens with one attached hydrogen (secondary N) is 2. The van der Waals surface area contributed by atoms with Gasteiger partial charge in [-0.1, -0.05) is 24.3 Å². The standard InChI is InChI=1S/C18H25N3O2S/c1-14(21(3)15-8-5-4-6-9-15)12-19-17(22)20-13-18(2,23)16-10-7-11-24-16/h4-11,14,23H,12-13H2,1-3H3,(H2,19,20,22). The van der Waals surface area contributed by atoms with Crippen LogP contribution in [0.2, 0.25) is 0 Å². The first-order valence-corrected chi connectivity index (χ1v) is 8.84. The zero-order chi connectivity index (χ0) is 17.6. The number of benzene rings is 1. The highest BCUT2D eigenvalue weighted by Gasteiger charge is 2.24. The van der Waals surface area contributed by atoms with Crippen LogP contribution in [0.1, 0.15) is 18.7 Å². The minimum atomic E-state index is -1.06. The number of hydrogen-bond acceptors (Lipinski definition) is 4. The number of carbonyl (C=O) groups is 1. The van der Waals surface area contributed by atoms with Crippen LogP contribution in [-0.4, -0.2) is 37.3 Å². The minimum absolute atomic E-state index is 0.149. The van der Waals surface area contributed by atoms with Crippen LogP contribution in [-0.2, 0) is 5.60 Å². The molecule has 0 aliphatic heterocycles. The van der Waals surface area contributed by atoms with Crippen molar-refractivity contribution in [1.29, 1.82) is 0 Å². The second-order valence-electron chi connectivity index (χ2n) is 6.11. The molecule has 0 bridgehead atoms. The molecule has 2 rings (SSSR count). The van der Waals surface area contributed by atoms with Crippen molar-refractivity contribution >= 4 is 23.1 Å². The molecule has 0 aliphatic carbocycles. The quantitative estimate of drug-likeness (QED) is 0.722. The molecular weight excluding hydrogens is 322 g/mol. The van der Waals surface area contributed by atoms with Gasteiger partial charge in [-0.3, -0.25) is 0 Å². The molecule has 3 N–H and O–H groups in total. The molecule has 1 aromatic carbocycles. The monoisotopic (exact) mass is 347 g/mol. The number of carbonyl (C=O) groups excluding carboxylic acids is 1. The molecule has 0 saturated heterocycles. The van der Waals surface area contributed by atoms with Gasteiger partial charge in [-0.15, -0.1) is 11.3 Å². The molecular formula is C18H25N3O2S. The minimum Gasteiger partial charge on any atom is -0.383 e. The largest absolute Gasteiger partial charge is 0.383 e. The van der Waals surface area contributed by atoms with Crippen molar-refractivity contribution in [1.82, 2.24) is 10.6 Å². The molecule has 0 saturated carbocycles. The fourth-order valence-electron chi connectivity index (χ4n) is 2.28. The highest BCUT2D eigenvalue weighted by Crippen LogP contribution is 2.24. The van der Waals surface area contributed by atoms with E-state index in [9.17, 15) is 9.90 Å². The van der Waals surface area contributed by atoms with E-state index in [1.165, 1.54) is 11.3 Å². The molecule has 0 spiro atoms. The second-order valence-corrected chi connectivity index (χ2v) is 7.06. The smallest absolute Gasteiger partial charge is 0.314 e. The fourth-order valence-corrected chi connectivity index (χ4v) is 3.07. The number of aliphatic hydroxyl groups is 1. The predicted octanol–water partition coefficient (Wildman–Crippen LogP) is 2.78. The molecule has 2 unspecified atom stereocenters. The summed E-state index contributed by atoms with van der Waals surface area (Å²) < 4.78 is 0. The van der Waals surface area contributed by atoms with Crippen LogP contribution in [0.5, 0.6) is 0 Å². The molecule has 0 aliphatic rings. The van der Waals surface area contributed by atoms with Crippen molar-refractivity contribution in [2.24, 2.45) is 0 Å². The number of amides is 2. The van der Waals surface area contributed by atoms with E-state index in [1.807, 2.05) is 54.9 Å². The summed E-state index contributed by atoms with van der Waals surface area (Å²) in [5, 5.41) is 17.9. The fraction of sp³-hybridized carbons (Fsp3) is 0.389. The van der Waals surface area contributed by atoms with E-state index in [1.54, 1.807) is 6.92 Å². The summed E-state index contributed by atoms with van der Waals surface area (Å²) in [6.07, 6.45) is 0. The van der Waals surface area contributed by atoms with Crippen LogP contribution in [0.4, 0.5) is 10.5 Å². The Balaban J connectivity index is 1.77. The van der Waals surface area contributed by atoms with Crippen LogP contribution in [0.15, 0.2) is 47.8 Å². The van der Waals surface area contributed by atoms with Crippen LogP contribution < -0.4 is 15.5 Å². The Kier molecular flexibility index (Phi) is 6.23. The molecule has 2 atom stereocenters. The van der Waals surface area contributed by atoms with E-state index >= 15 is 0 Å². The highest BCUT2D eigenvalue weighted by atomic mass is 32.1. The van der Waals surface area contributed by atoms with Crippen LogP contribution >= 0.6 is 11.3 Å². The van der Waals surface area contributed by atoms with E-state index in [-0.39, 0.29) is 18.6 Å². The van der Waals surface area contributed by atoms with Gasteiger partial charge in [0, 0.05) is 30.2 Å². The number of anilines is 1. The molecule has 1 heterocycles. The third kappa shape index (κ3) is 4.97. The van der Waals surface area contributed by atoms with Gasteiger partial charge in [0.1, 0.15) is 5.60 Å². The maximum Gasteiger partial charge on any atom is 0.314 e. The maximum atomic E-state index is 12.0. The summed E-state index contributed by atoms with van der Waals surface area (Å²) in [5.74, 6) is 0. The number of urea groups is 1. The number of para-hydroxylation sites is 1. The molecule has 2 aromatic rings. The van der Waals surface area contributed by atoms with Gasteiger partial charge in [-0.05, 0) is 37.4 Å². The lowest BCUT2D eigenvalue weighted by Gasteiger charge is -2.27. The molecule has 0 radical (unpaired) electrons. The topological polar surface area (TPSA) is 64.6 Å². The number of hydrogen-bond donors (Lipinski definition) is 3. The summed E-state index contributed by atoms with van der Waals surface area (Å²) in [6.45, 7) is 4.43. The zero-order valence-electron chi connectivity index (χ0n) is 14.3. The summed E-state index contributed by atoms with van der Waals surface area (Å²) in [4.78, 5) is 14.9. The first kappa shape index (κ1) is 18.3. The SMILES string of the molecule is CC(CNC(=O)NCC(C)(O)c1cccs1)N(C)c1ccccc1. The molecule has 5 nitrogen and oxygen atoms in total. The van der Waals surface area contributed by atoms with E-state index in [0.29, 0.717) is 6.54 Å². The van der Waals surface area contributed by atoms with Crippen molar-refractivity contribution in [2.45, 2.75) is 25.5 Å². The third-order valence-electron chi connectivity index (χ3n) is 4.03. The Morgan fingerprint density at radius 3 is 2.58 bits per heavy atom. The van der Waals surface area contributed by atoms with Gasteiger partial charge in [0.15, 0.2) is 0 Å². The van der Waals surface area contributed by atoms with Gasteiger partial charge in [0.05, 0.1) is 6.54 Å². The van der Waals surface area contributed by atoms with Gasteiger partial charge in [-0.2, -0.15) is 0 Å². The molecule has 24 heavy (non-hydrogen) atoms. The van der Waals surface area contributed by atoms with Gasteiger partial charge < -0.3 is 20.6 Å². The molecule has 2 amide bonds.